The molecule has 0 bridgehead atoms. The molecular weight excluding hydrogens is 380 g/mol. The highest BCUT2D eigenvalue weighted by Crippen LogP contribution is 2.31. The summed E-state index contributed by atoms with van der Waals surface area (Å²) in [7, 11) is 0. The minimum Gasteiger partial charge on any atom is -0.480 e. The van der Waals surface area contributed by atoms with Gasteiger partial charge in [-0.25, -0.2) is 0 Å². The van der Waals surface area contributed by atoms with Gasteiger partial charge in [-0.05, 0) is 17.7 Å². The van der Waals surface area contributed by atoms with Crippen molar-refractivity contribution in [2.24, 2.45) is 0 Å². The van der Waals surface area contributed by atoms with Gasteiger partial charge in [0.1, 0.15) is 4.83 Å². The topological polar surface area (TPSA) is 37.3 Å². The first-order valence-corrected chi connectivity index (χ1v) is 6.41. The van der Waals surface area contributed by atoms with Gasteiger partial charge in [-0.15, -0.1) is 0 Å². The Kier molecular flexibility index (Phi) is 4.60. The van der Waals surface area contributed by atoms with Crippen molar-refractivity contribution in [1.82, 2.24) is 0 Å². The third kappa shape index (κ3) is 3.07. The van der Waals surface area contributed by atoms with Gasteiger partial charge in [0.15, 0.2) is 0 Å². The molecule has 1 aromatic carbocycles. The van der Waals surface area contributed by atoms with Crippen molar-refractivity contribution in [2.45, 2.75) is 9.65 Å². The van der Waals surface area contributed by atoms with Crippen molar-refractivity contribution < 1.29 is 9.90 Å². The molecule has 0 unspecified atom stereocenters. The van der Waals surface area contributed by atoms with Crippen LogP contribution in [-0.4, -0.2) is 15.9 Å². The maximum Gasteiger partial charge on any atom is 0.318 e. The summed E-state index contributed by atoms with van der Waals surface area (Å²) in [6.45, 7) is 0. The number of hydrogen-bond donors (Lipinski definition) is 1. The highest BCUT2D eigenvalue weighted by molar-refractivity contribution is 9.12. The molecular formula is C9H7Br3O2. The maximum absolute atomic E-state index is 10.7. The summed E-state index contributed by atoms with van der Waals surface area (Å²) in [6.07, 6.45) is 0. The zero-order valence-corrected chi connectivity index (χ0v) is 11.7. The van der Waals surface area contributed by atoms with Gasteiger partial charge in [-0.1, -0.05) is 59.9 Å². The first-order valence-electron chi connectivity index (χ1n) is 3.79. The summed E-state index contributed by atoms with van der Waals surface area (Å²) in [6, 6.07) is 7.51. The van der Waals surface area contributed by atoms with Crippen LogP contribution in [0.3, 0.4) is 0 Å². The van der Waals surface area contributed by atoms with Gasteiger partial charge >= 0.3 is 5.97 Å². The van der Waals surface area contributed by atoms with Crippen LogP contribution in [-0.2, 0) is 4.79 Å². The zero-order chi connectivity index (χ0) is 10.7. The lowest BCUT2D eigenvalue weighted by Crippen LogP contribution is -2.17. The largest absolute Gasteiger partial charge is 0.480 e. The van der Waals surface area contributed by atoms with Crippen LogP contribution in [0.15, 0.2) is 28.7 Å². The zero-order valence-electron chi connectivity index (χ0n) is 6.95. The first kappa shape index (κ1) is 12.2. The molecule has 1 rings (SSSR count). The van der Waals surface area contributed by atoms with Gasteiger partial charge in [-0.2, -0.15) is 0 Å². The Balaban J connectivity index is 2.84. The smallest absolute Gasteiger partial charge is 0.318 e. The molecule has 0 fully saturated rings. The molecule has 0 amide bonds. The Morgan fingerprint density at radius 3 is 2.14 bits per heavy atom. The van der Waals surface area contributed by atoms with Crippen LogP contribution in [0.2, 0.25) is 0 Å². The molecule has 5 heteroatoms. The van der Waals surface area contributed by atoms with E-state index in [2.05, 4.69) is 47.8 Å². The minimum absolute atomic E-state index is 0.229. The minimum atomic E-state index is -0.880. The van der Waals surface area contributed by atoms with E-state index in [9.17, 15) is 4.79 Å². The van der Waals surface area contributed by atoms with E-state index in [-0.39, 0.29) is 4.83 Å². The molecule has 76 valence electrons. The van der Waals surface area contributed by atoms with E-state index in [1.54, 1.807) is 0 Å². The van der Waals surface area contributed by atoms with Crippen molar-refractivity contribution in [3.63, 3.8) is 0 Å². The number of benzene rings is 1. The van der Waals surface area contributed by atoms with Gasteiger partial charge in [-0.3, -0.25) is 4.79 Å². The van der Waals surface area contributed by atoms with Crippen LogP contribution >= 0.6 is 47.8 Å². The lowest BCUT2D eigenvalue weighted by atomic mass is 10.1. The summed E-state index contributed by atoms with van der Waals surface area (Å²) in [5, 5.41) is 8.78. The van der Waals surface area contributed by atoms with Crippen molar-refractivity contribution in [3.05, 3.63) is 34.3 Å². The molecule has 14 heavy (non-hydrogen) atoms. The normalized spacial score (nSPS) is 14.8. The molecule has 1 aromatic rings. The Labute approximate surface area is 107 Å². The Bertz CT molecular complexity index is 323. The number of carboxylic acids is 1. The van der Waals surface area contributed by atoms with E-state index >= 15 is 0 Å². The second kappa shape index (κ2) is 5.28. The van der Waals surface area contributed by atoms with Crippen molar-refractivity contribution in [3.8, 4) is 0 Å². The molecule has 1 N–H and O–H groups in total. The monoisotopic (exact) mass is 384 g/mol. The summed E-state index contributed by atoms with van der Waals surface area (Å²) >= 11 is 9.76. The van der Waals surface area contributed by atoms with E-state index in [0.717, 1.165) is 10.0 Å². The number of carboxylic acid groups (broad SMARTS) is 1. The quantitative estimate of drug-likeness (QED) is 0.804. The number of hydrogen-bond acceptors (Lipinski definition) is 1. The third-order valence-corrected chi connectivity index (χ3v) is 4.90. The predicted molar refractivity (Wildman–Crippen MR) is 66.2 cm³/mol. The van der Waals surface area contributed by atoms with Gasteiger partial charge in [0, 0.05) is 4.47 Å². The number of carbonyl (C=O) groups is 1. The summed E-state index contributed by atoms with van der Waals surface area (Å²) < 4.78 is 0.974. The lowest BCUT2D eigenvalue weighted by molar-refractivity contribution is -0.136. The number of aliphatic carboxylic acids is 1. The average Bonchev–Trinajstić information content (AvgIpc) is 2.16. The number of rotatable bonds is 3. The predicted octanol–water partition coefficient (Wildman–Crippen LogP) is 3.73. The molecule has 0 saturated heterocycles. The Hall–Kier alpha value is 0.130. The molecule has 2 atom stereocenters. The molecule has 0 aliphatic rings. The fourth-order valence-corrected chi connectivity index (χ4v) is 2.04. The number of alkyl halides is 2. The van der Waals surface area contributed by atoms with Crippen molar-refractivity contribution in [2.75, 3.05) is 0 Å². The van der Waals surface area contributed by atoms with Gasteiger partial charge < -0.3 is 5.11 Å². The van der Waals surface area contributed by atoms with Gasteiger partial charge in [0.2, 0.25) is 0 Å². The second-order valence-corrected chi connectivity index (χ2v) is 5.58. The average molecular weight is 387 g/mol. The van der Waals surface area contributed by atoms with Gasteiger partial charge in [0.05, 0.1) is 4.83 Å². The standard InChI is InChI=1S/C9H7Br3O2/c10-6-3-1-5(2-4-6)7(11)8(12)9(13)14/h1-4,7-8H,(H,13,14)/t7-,8+/m0/s1. The summed E-state index contributed by atoms with van der Waals surface area (Å²) in [5.74, 6) is -0.880. The third-order valence-electron chi connectivity index (χ3n) is 1.68. The molecule has 0 aromatic heterocycles. The van der Waals surface area contributed by atoms with Crippen molar-refractivity contribution >= 4 is 53.8 Å². The van der Waals surface area contributed by atoms with Crippen LogP contribution < -0.4 is 0 Å². The SMILES string of the molecule is O=C(O)[C@H](Br)[C@@H](Br)c1ccc(Br)cc1. The molecule has 0 aliphatic heterocycles. The molecule has 0 aliphatic carbocycles. The Morgan fingerprint density at radius 1 is 1.21 bits per heavy atom. The second-order valence-electron chi connectivity index (χ2n) is 2.69. The first-order chi connectivity index (χ1) is 6.52. The van der Waals surface area contributed by atoms with E-state index in [4.69, 9.17) is 5.11 Å². The van der Waals surface area contributed by atoms with Crippen LogP contribution in [0.5, 0.6) is 0 Å². The van der Waals surface area contributed by atoms with E-state index in [1.165, 1.54) is 0 Å². The highest BCUT2D eigenvalue weighted by atomic mass is 79.9. The maximum atomic E-state index is 10.7. The summed E-state index contributed by atoms with van der Waals surface area (Å²) in [5.41, 5.74) is 0.928. The highest BCUT2D eigenvalue weighted by Gasteiger charge is 2.24. The van der Waals surface area contributed by atoms with Crippen LogP contribution in [0, 0.1) is 0 Å². The van der Waals surface area contributed by atoms with E-state index in [0.29, 0.717) is 0 Å². The summed E-state index contributed by atoms with van der Waals surface area (Å²) in [4.78, 5) is 9.84. The molecule has 2 nitrogen and oxygen atoms in total. The fraction of sp³-hybridized carbons (Fsp3) is 0.222. The molecule has 0 saturated carbocycles. The van der Waals surface area contributed by atoms with E-state index < -0.39 is 10.8 Å². The van der Waals surface area contributed by atoms with Crippen LogP contribution in [0.4, 0.5) is 0 Å². The van der Waals surface area contributed by atoms with Crippen LogP contribution in [0.25, 0.3) is 0 Å². The van der Waals surface area contributed by atoms with Gasteiger partial charge in [0.25, 0.3) is 0 Å². The lowest BCUT2D eigenvalue weighted by Gasteiger charge is -2.12. The Morgan fingerprint density at radius 2 is 1.71 bits per heavy atom. The van der Waals surface area contributed by atoms with E-state index in [1.807, 2.05) is 24.3 Å². The fourth-order valence-electron chi connectivity index (χ4n) is 0.941. The molecule has 0 spiro atoms. The molecule has 0 radical (unpaired) electrons. The van der Waals surface area contributed by atoms with Crippen LogP contribution in [0.1, 0.15) is 10.4 Å². The molecule has 0 heterocycles. The number of halogens is 3. The van der Waals surface area contributed by atoms with Crippen molar-refractivity contribution in [1.29, 1.82) is 0 Å².